The lowest BCUT2D eigenvalue weighted by atomic mass is 10.1. The third-order valence-electron chi connectivity index (χ3n) is 4.71. The van der Waals surface area contributed by atoms with Gasteiger partial charge in [0.05, 0.1) is 26.1 Å². The highest BCUT2D eigenvalue weighted by atomic mass is 32.2. The van der Waals surface area contributed by atoms with E-state index in [1.807, 2.05) is 30.3 Å². The molecule has 0 atom stereocenters. The van der Waals surface area contributed by atoms with Crippen LogP contribution in [-0.2, 0) is 14.6 Å². The highest BCUT2D eigenvalue weighted by molar-refractivity contribution is 7.93. The Morgan fingerprint density at radius 1 is 1.03 bits per heavy atom. The molecule has 0 spiro atoms. The smallest absolute Gasteiger partial charge is 0.268 e. The fraction of sp³-hybridized carbons (Fsp3) is 0.250. The van der Waals surface area contributed by atoms with Crippen molar-refractivity contribution in [3.8, 4) is 23.3 Å². The number of sulfone groups is 1. The fourth-order valence-corrected chi connectivity index (χ4v) is 4.74. The van der Waals surface area contributed by atoms with Gasteiger partial charge in [-0.25, -0.2) is 8.42 Å². The second-order valence-electron chi connectivity index (χ2n) is 7.20. The summed E-state index contributed by atoms with van der Waals surface area (Å²) in [5.74, 6) is 1.31. The van der Waals surface area contributed by atoms with Gasteiger partial charge in [-0.2, -0.15) is 5.26 Å². The van der Waals surface area contributed by atoms with Gasteiger partial charge in [-0.3, -0.25) is 10.1 Å². The summed E-state index contributed by atoms with van der Waals surface area (Å²) < 4.78 is 40.0. The number of carbonyl (C=O) groups is 1. The van der Waals surface area contributed by atoms with E-state index >= 15 is 0 Å². The van der Waals surface area contributed by atoms with Gasteiger partial charge in [0.1, 0.15) is 28.9 Å². The third-order valence-corrected chi connectivity index (χ3v) is 7.73. The lowest BCUT2D eigenvalue weighted by molar-refractivity contribution is -0.112. The lowest BCUT2D eigenvalue weighted by Gasteiger charge is -2.09. The molecule has 0 aliphatic rings. The van der Waals surface area contributed by atoms with Crippen molar-refractivity contribution in [1.29, 1.82) is 5.26 Å². The molecule has 36 heavy (non-hydrogen) atoms. The summed E-state index contributed by atoms with van der Waals surface area (Å²) in [4.78, 5) is 12.4. The molecule has 1 amide bonds. The van der Waals surface area contributed by atoms with Crippen LogP contribution in [0.3, 0.4) is 0 Å². The first-order valence-corrected chi connectivity index (χ1v) is 13.3. The molecule has 188 valence electrons. The van der Waals surface area contributed by atoms with E-state index in [1.54, 1.807) is 31.4 Å². The molecule has 0 fully saturated rings. The van der Waals surface area contributed by atoms with E-state index < -0.39 is 15.7 Å². The summed E-state index contributed by atoms with van der Waals surface area (Å²) in [5.41, 5.74) is 0.442. The van der Waals surface area contributed by atoms with Gasteiger partial charge in [0.25, 0.3) is 5.91 Å². The predicted molar refractivity (Wildman–Crippen MR) is 135 cm³/mol. The first-order valence-electron chi connectivity index (χ1n) is 10.8. The van der Waals surface area contributed by atoms with Gasteiger partial charge < -0.3 is 14.2 Å². The van der Waals surface area contributed by atoms with E-state index in [4.69, 9.17) is 14.2 Å². The third kappa shape index (κ3) is 7.53. The van der Waals surface area contributed by atoms with E-state index in [9.17, 15) is 18.5 Å². The van der Waals surface area contributed by atoms with Gasteiger partial charge in [0.15, 0.2) is 0 Å². The number of amides is 1. The highest BCUT2D eigenvalue weighted by Gasteiger charge is 2.19. The number of carbonyl (C=O) groups excluding carboxylic acids is 1. The average molecular weight is 529 g/mol. The Morgan fingerprint density at radius 2 is 1.61 bits per heavy atom. The largest absolute Gasteiger partial charge is 0.497 e. The van der Waals surface area contributed by atoms with Crippen LogP contribution < -0.4 is 19.5 Å². The van der Waals surface area contributed by atoms with Crippen molar-refractivity contribution in [3.63, 3.8) is 0 Å². The Balaban J connectivity index is 1.49. The quantitative estimate of drug-likeness (QED) is 0.161. The normalized spacial score (nSPS) is 11.4. The molecule has 10 nitrogen and oxygen atoms in total. The molecule has 1 N–H and O–H groups in total. The SMILES string of the molecule is CCS(=O)(=O)c1nnc(NC(=O)/C(C#N)=C\c2ccc(OCCCOc3ccc(OC)cc3)cc2)s1. The van der Waals surface area contributed by atoms with Crippen LogP contribution in [0.5, 0.6) is 17.2 Å². The van der Waals surface area contributed by atoms with Crippen molar-refractivity contribution in [1.82, 2.24) is 10.2 Å². The van der Waals surface area contributed by atoms with E-state index in [-0.39, 0.29) is 20.8 Å². The van der Waals surface area contributed by atoms with Crippen molar-refractivity contribution in [2.45, 2.75) is 17.7 Å². The van der Waals surface area contributed by atoms with Gasteiger partial charge in [-0.15, -0.1) is 10.2 Å². The van der Waals surface area contributed by atoms with E-state index in [0.717, 1.165) is 22.8 Å². The molecule has 1 heterocycles. The molecule has 2 aromatic carbocycles. The van der Waals surface area contributed by atoms with E-state index in [0.29, 0.717) is 30.9 Å². The Labute approximate surface area is 213 Å². The minimum absolute atomic E-state index is 0.00658. The minimum atomic E-state index is -3.53. The van der Waals surface area contributed by atoms with Crippen molar-refractivity contribution >= 4 is 38.3 Å². The first-order chi connectivity index (χ1) is 17.3. The van der Waals surface area contributed by atoms with E-state index in [1.165, 1.54) is 13.0 Å². The van der Waals surface area contributed by atoms with Gasteiger partial charge in [-0.1, -0.05) is 30.4 Å². The molecule has 0 saturated carbocycles. The predicted octanol–water partition coefficient (Wildman–Crippen LogP) is 3.73. The molecular weight excluding hydrogens is 504 g/mol. The molecule has 3 rings (SSSR count). The van der Waals surface area contributed by atoms with Crippen LogP contribution in [0.15, 0.2) is 58.4 Å². The minimum Gasteiger partial charge on any atom is -0.497 e. The Morgan fingerprint density at radius 3 is 2.17 bits per heavy atom. The molecule has 0 saturated heterocycles. The highest BCUT2D eigenvalue weighted by Crippen LogP contribution is 2.22. The topological polar surface area (TPSA) is 140 Å². The number of ether oxygens (including phenoxy) is 3. The van der Waals surface area contributed by atoms with Gasteiger partial charge in [-0.05, 0) is 48.0 Å². The first kappa shape index (κ1) is 26.7. The van der Waals surface area contributed by atoms with E-state index in [2.05, 4.69) is 15.5 Å². The standard InChI is InChI=1S/C24H24N4O6S2/c1-3-36(30,31)24-28-27-23(35-24)26-22(29)18(16-25)15-17-5-7-20(8-6-17)33-13-4-14-34-21-11-9-19(32-2)10-12-21/h5-12,15H,3-4,13-14H2,1-2H3,(H,26,27,29)/b18-15-. The number of nitrogens with zero attached hydrogens (tertiary/aromatic N) is 3. The number of nitrogens with one attached hydrogen (secondary N) is 1. The second-order valence-corrected chi connectivity index (χ2v) is 10.6. The van der Waals surface area contributed by atoms with Crippen molar-refractivity contribution in [3.05, 3.63) is 59.7 Å². The number of hydrogen-bond acceptors (Lipinski definition) is 10. The molecule has 3 aromatic rings. The summed E-state index contributed by atoms with van der Waals surface area (Å²) in [6.07, 6.45) is 2.09. The number of anilines is 1. The summed E-state index contributed by atoms with van der Waals surface area (Å²) in [7, 11) is -1.92. The van der Waals surface area contributed by atoms with Crippen LogP contribution >= 0.6 is 11.3 Å². The molecule has 0 aliphatic heterocycles. The Bertz CT molecular complexity index is 1340. The molecule has 1 aromatic heterocycles. The fourth-order valence-electron chi connectivity index (χ4n) is 2.76. The monoisotopic (exact) mass is 528 g/mol. The molecule has 0 unspecified atom stereocenters. The molecule has 0 bridgehead atoms. The molecule has 0 radical (unpaired) electrons. The number of methoxy groups -OCH3 is 1. The summed E-state index contributed by atoms with van der Waals surface area (Å²) in [5, 5.41) is 19.0. The van der Waals surface area contributed by atoms with Gasteiger partial charge in [0.2, 0.25) is 19.3 Å². The van der Waals surface area contributed by atoms with Crippen LogP contribution in [0, 0.1) is 11.3 Å². The number of nitriles is 1. The number of benzene rings is 2. The van der Waals surface area contributed by atoms with Crippen molar-refractivity contribution in [2.75, 3.05) is 31.4 Å². The van der Waals surface area contributed by atoms with Crippen LogP contribution in [0.1, 0.15) is 18.9 Å². The Kier molecular flexibility index (Phi) is 9.38. The van der Waals surface area contributed by atoms with Crippen molar-refractivity contribution < 1.29 is 27.4 Å². The second kappa shape index (κ2) is 12.7. The van der Waals surface area contributed by atoms with Crippen LogP contribution in [0.2, 0.25) is 0 Å². The average Bonchev–Trinajstić information content (AvgIpc) is 3.37. The number of rotatable bonds is 12. The zero-order valence-corrected chi connectivity index (χ0v) is 21.3. The summed E-state index contributed by atoms with van der Waals surface area (Å²) >= 11 is 0.731. The van der Waals surface area contributed by atoms with Crippen LogP contribution in [0.4, 0.5) is 5.13 Å². The lowest BCUT2D eigenvalue weighted by Crippen LogP contribution is -2.13. The maximum absolute atomic E-state index is 12.4. The molecule has 12 heteroatoms. The summed E-state index contributed by atoms with van der Waals surface area (Å²) in [6, 6.07) is 16.1. The van der Waals surface area contributed by atoms with Gasteiger partial charge >= 0.3 is 0 Å². The maximum atomic E-state index is 12.4. The van der Waals surface area contributed by atoms with Crippen LogP contribution in [0.25, 0.3) is 6.08 Å². The Hall–Kier alpha value is -3.95. The zero-order chi connectivity index (χ0) is 26.0. The number of hydrogen-bond donors (Lipinski definition) is 1. The molecule has 0 aliphatic carbocycles. The van der Waals surface area contributed by atoms with Gasteiger partial charge in [0, 0.05) is 6.42 Å². The number of aromatic nitrogens is 2. The van der Waals surface area contributed by atoms with Crippen molar-refractivity contribution in [2.24, 2.45) is 0 Å². The summed E-state index contributed by atoms with van der Waals surface area (Å²) in [6.45, 7) is 2.43. The molecular formula is C24H24N4O6S2. The maximum Gasteiger partial charge on any atom is 0.268 e. The van der Waals surface area contributed by atoms with Crippen LogP contribution in [-0.4, -0.2) is 50.6 Å². The zero-order valence-electron chi connectivity index (χ0n) is 19.6.